The average molecular weight is 496 g/mol. The van der Waals surface area contributed by atoms with Crippen molar-refractivity contribution in [3.8, 4) is 0 Å². The van der Waals surface area contributed by atoms with Crippen LogP contribution in [0.15, 0.2) is 21.0 Å². The number of unbranched alkanes of at least 4 members (excludes halogenated alkanes) is 1. The number of piperidine rings is 1. The Morgan fingerprint density at radius 3 is 2.67 bits per heavy atom. The van der Waals surface area contributed by atoms with Gasteiger partial charge in [-0.25, -0.2) is 15.4 Å². The van der Waals surface area contributed by atoms with Crippen LogP contribution in [0.25, 0.3) is 0 Å². The van der Waals surface area contributed by atoms with Crippen LogP contribution in [0.3, 0.4) is 0 Å². The molecule has 2 aromatic rings. The highest BCUT2D eigenvalue weighted by atomic mass is 32.2. The predicted octanol–water partition coefficient (Wildman–Crippen LogP) is 4.05. The van der Waals surface area contributed by atoms with Gasteiger partial charge in [0.25, 0.3) is 0 Å². The molecule has 33 heavy (non-hydrogen) atoms. The Morgan fingerprint density at radius 2 is 2.00 bits per heavy atom. The van der Waals surface area contributed by atoms with Crippen LogP contribution in [0.4, 0.5) is 5.13 Å². The van der Waals surface area contributed by atoms with E-state index in [9.17, 15) is 9.59 Å². The van der Waals surface area contributed by atoms with Crippen LogP contribution >= 0.6 is 23.1 Å². The van der Waals surface area contributed by atoms with E-state index >= 15 is 0 Å². The maximum atomic E-state index is 12.7. The second-order valence-electron chi connectivity index (χ2n) is 9.24. The van der Waals surface area contributed by atoms with Gasteiger partial charge in [-0.05, 0) is 45.3 Å². The van der Waals surface area contributed by atoms with E-state index in [4.69, 9.17) is 9.62 Å². The van der Waals surface area contributed by atoms with Gasteiger partial charge in [-0.2, -0.15) is 0 Å². The third-order valence-electron chi connectivity index (χ3n) is 5.56. The average Bonchev–Trinajstić information content (AvgIpc) is 3.45. The van der Waals surface area contributed by atoms with Crippen molar-refractivity contribution in [3.05, 3.63) is 24.0 Å². The molecule has 9 nitrogen and oxygen atoms in total. The second-order valence-corrected chi connectivity index (χ2v) is 11.5. The molecule has 2 amide bonds. The van der Waals surface area contributed by atoms with E-state index in [1.54, 1.807) is 29.6 Å². The summed E-state index contributed by atoms with van der Waals surface area (Å²) in [6.45, 7) is 8.92. The first-order valence-corrected chi connectivity index (χ1v) is 13.0. The number of nitrogens with one attached hydrogen (secondary N) is 2. The van der Waals surface area contributed by atoms with Crippen LogP contribution in [0, 0.1) is 5.92 Å². The SMILES string of the molecule is CC(C)(C)c1cnc(CSc2cnc(NC(=O)C3CCN(CCCCC(=O)NO)CC3)s2)o1. The third kappa shape index (κ3) is 8.09. The van der Waals surface area contributed by atoms with Crippen LogP contribution in [0.2, 0.25) is 0 Å². The zero-order chi connectivity index (χ0) is 23.8. The molecule has 3 N–H and O–H groups in total. The summed E-state index contributed by atoms with van der Waals surface area (Å²) in [7, 11) is 0. The number of hydroxylamine groups is 1. The molecule has 1 saturated heterocycles. The Bertz CT molecular complexity index is 916. The first-order chi connectivity index (χ1) is 15.7. The molecule has 182 valence electrons. The number of aromatic nitrogens is 2. The number of nitrogens with zero attached hydrogens (tertiary/aromatic N) is 3. The number of anilines is 1. The smallest absolute Gasteiger partial charge is 0.243 e. The summed E-state index contributed by atoms with van der Waals surface area (Å²) in [6.07, 6.45) is 7.17. The van der Waals surface area contributed by atoms with Gasteiger partial charge in [-0.1, -0.05) is 32.1 Å². The summed E-state index contributed by atoms with van der Waals surface area (Å²) in [5, 5.41) is 12.1. The molecule has 0 aromatic carbocycles. The quantitative estimate of drug-likeness (QED) is 0.195. The maximum Gasteiger partial charge on any atom is 0.243 e. The van der Waals surface area contributed by atoms with E-state index in [1.807, 2.05) is 0 Å². The third-order valence-corrected chi connectivity index (χ3v) is 7.65. The number of hydrogen-bond donors (Lipinski definition) is 3. The highest BCUT2D eigenvalue weighted by Gasteiger charge is 2.25. The zero-order valence-electron chi connectivity index (χ0n) is 19.4. The molecule has 0 saturated carbocycles. The number of oxazole rings is 1. The molecule has 0 unspecified atom stereocenters. The molecule has 0 bridgehead atoms. The van der Waals surface area contributed by atoms with Crippen LogP contribution in [0.5, 0.6) is 0 Å². The number of rotatable bonds is 10. The van der Waals surface area contributed by atoms with Crippen molar-refractivity contribution in [2.45, 2.75) is 68.3 Å². The molecule has 3 heterocycles. The second kappa shape index (κ2) is 12.0. The summed E-state index contributed by atoms with van der Waals surface area (Å²) in [5.74, 6) is 1.85. The molecular weight excluding hydrogens is 462 g/mol. The highest BCUT2D eigenvalue weighted by molar-refractivity contribution is 8.00. The van der Waals surface area contributed by atoms with Crippen LogP contribution in [-0.4, -0.2) is 51.5 Å². The molecule has 0 radical (unpaired) electrons. The fourth-order valence-corrected chi connectivity index (χ4v) is 5.27. The Morgan fingerprint density at radius 1 is 1.24 bits per heavy atom. The van der Waals surface area contributed by atoms with E-state index in [2.05, 4.69) is 41.0 Å². The summed E-state index contributed by atoms with van der Waals surface area (Å²) in [6, 6.07) is 0. The molecule has 1 aliphatic heterocycles. The van der Waals surface area contributed by atoms with Crippen LogP contribution < -0.4 is 10.8 Å². The van der Waals surface area contributed by atoms with Crippen molar-refractivity contribution in [1.82, 2.24) is 20.3 Å². The van der Waals surface area contributed by atoms with Crippen molar-refractivity contribution < 1.29 is 19.2 Å². The van der Waals surface area contributed by atoms with Crippen molar-refractivity contribution in [1.29, 1.82) is 0 Å². The molecule has 1 aliphatic rings. The number of likely N-dealkylation sites (tertiary alicyclic amines) is 1. The molecular formula is C22H33N5O4S2. The van der Waals surface area contributed by atoms with Crippen molar-refractivity contribution >= 4 is 40.0 Å². The molecule has 0 atom stereocenters. The van der Waals surface area contributed by atoms with Gasteiger partial charge in [-0.3, -0.25) is 14.8 Å². The Kier molecular flexibility index (Phi) is 9.30. The van der Waals surface area contributed by atoms with Crippen molar-refractivity contribution in [3.63, 3.8) is 0 Å². The Labute approximate surface area is 202 Å². The lowest BCUT2D eigenvalue weighted by Crippen LogP contribution is -2.38. The monoisotopic (exact) mass is 495 g/mol. The van der Waals surface area contributed by atoms with Gasteiger partial charge in [0.15, 0.2) is 5.13 Å². The van der Waals surface area contributed by atoms with E-state index < -0.39 is 0 Å². The van der Waals surface area contributed by atoms with Crippen LogP contribution in [0.1, 0.15) is 64.5 Å². The first-order valence-electron chi connectivity index (χ1n) is 11.2. The Hall–Kier alpha value is -1.95. The van der Waals surface area contributed by atoms with Gasteiger partial charge in [-0.15, -0.1) is 11.8 Å². The van der Waals surface area contributed by atoms with Gasteiger partial charge >= 0.3 is 0 Å². The minimum atomic E-state index is -0.346. The Balaban J connectivity index is 1.36. The van der Waals surface area contributed by atoms with Gasteiger partial charge in [0.05, 0.1) is 22.4 Å². The fourth-order valence-electron chi connectivity index (χ4n) is 3.54. The highest BCUT2D eigenvalue weighted by Crippen LogP contribution is 2.32. The minimum Gasteiger partial charge on any atom is -0.444 e. The van der Waals surface area contributed by atoms with Gasteiger partial charge < -0.3 is 14.6 Å². The summed E-state index contributed by atoms with van der Waals surface area (Å²) >= 11 is 3.06. The van der Waals surface area contributed by atoms with Gasteiger partial charge in [0, 0.05) is 17.8 Å². The topological polar surface area (TPSA) is 121 Å². The number of carbonyl (C=O) groups is 2. The lowest BCUT2D eigenvalue weighted by molar-refractivity contribution is -0.129. The largest absolute Gasteiger partial charge is 0.444 e. The standard InChI is InChI=1S/C22H33N5O4S2/c1-22(2,3)16-12-23-18(31-16)14-32-19-13-24-21(33-19)25-20(29)15-7-10-27(11-8-15)9-5-4-6-17(28)26-30/h12-13,15,30H,4-11,14H2,1-3H3,(H,26,28)(H,24,25,29). The van der Waals surface area contributed by atoms with Crippen molar-refractivity contribution in [2.24, 2.45) is 5.92 Å². The van der Waals surface area contributed by atoms with E-state index in [0.717, 1.165) is 55.3 Å². The predicted molar refractivity (Wildman–Crippen MR) is 128 cm³/mol. The maximum absolute atomic E-state index is 12.7. The lowest BCUT2D eigenvalue weighted by Gasteiger charge is -2.31. The van der Waals surface area contributed by atoms with Crippen molar-refractivity contribution in [2.75, 3.05) is 25.0 Å². The summed E-state index contributed by atoms with van der Waals surface area (Å²) < 4.78 is 6.83. The number of thiazole rings is 1. The molecule has 0 spiro atoms. The lowest BCUT2D eigenvalue weighted by atomic mass is 9.94. The molecule has 0 aliphatic carbocycles. The fraction of sp³-hybridized carbons (Fsp3) is 0.636. The number of carbonyl (C=O) groups excluding carboxylic acids is 2. The molecule has 11 heteroatoms. The van der Waals surface area contributed by atoms with Gasteiger partial charge in [0.1, 0.15) is 5.76 Å². The molecule has 1 fully saturated rings. The normalized spacial score (nSPS) is 15.5. The van der Waals surface area contributed by atoms with Crippen LogP contribution in [-0.2, 0) is 20.8 Å². The van der Waals surface area contributed by atoms with Gasteiger partial charge in [0.2, 0.25) is 17.7 Å². The van der Waals surface area contributed by atoms with E-state index in [0.29, 0.717) is 23.2 Å². The minimum absolute atomic E-state index is 0.00967. The van der Waals surface area contributed by atoms with E-state index in [1.165, 1.54) is 11.3 Å². The number of amides is 2. The number of thioether (sulfide) groups is 1. The number of hydrogen-bond acceptors (Lipinski definition) is 9. The zero-order valence-corrected chi connectivity index (χ0v) is 21.1. The summed E-state index contributed by atoms with van der Waals surface area (Å²) in [4.78, 5) is 34.7. The first kappa shape index (κ1) is 25.7. The van der Waals surface area contributed by atoms with E-state index in [-0.39, 0.29) is 23.1 Å². The molecule has 3 rings (SSSR count). The molecule has 2 aromatic heterocycles. The summed E-state index contributed by atoms with van der Waals surface area (Å²) in [5.41, 5.74) is 1.59.